The van der Waals surface area contributed by atoms with Gasteiger partial charge in [-0.05, 0) is 6.92 Å². The zero-order chi connectivity index (χ0) is 18.5. The van der Waals surface area contributed by atoms with Crippen LogP contribution in [0.2, 0.25) is 0 Å². The molecule has 0 aliphatic rings. The van der Waals surface area contributed by atoms with Crippen LogP contribution in [0.1, 0.15) is 5.69 Å². The Morgan fingerprint density at radius 2 is 2.08 bits per heavy atom. The van der Waals surface area contributed by atoms with Gasteiger partial charge in [-0.3, -0.25) is 14.0 Å². The standard InChI is InChI=1S/C18H20N6OS/c1-4-10-24-17(14-8-6-5-7-9-14)20-21-18(24)26-12-16(25)19-15-11-13(2)22-23(15)3/h4-9,11H,1,10,12H2,2-3H3,(H,19,25). The van der Waals surface area contributed by atoms with E-state index in [4.69, 9.17) is 0 Å². The molecular weight excluding hydrogens is 348 g/mol. The molecule has 26 heavy (non-hydrogen) atoms. The SMILES string of the molecule is C=CCn1c(SCC(=O)Nc2cc(C)nn2C)nnc1-c1ccccc1. The molecular formula is C18H20N6OS. The second-order valence-electron chi connectivity index (χ2n) is 5.70. The Balaban J connectivity index is 1.71. The van der Waals surface area contributed by atoms with Crippen LogP contribution in [-0.2, 0) is 18.4 Å². The predicted molar refractivity (Wildman–Crippen MR) is 103 cm³/mol. The van der Waals surface area contributed by atoms with Crippen LogP contribution in [0.5, 0.6) is 0 Å². The summed E-state index contributed by atoms with van der Waals surface area (Å²) in [6, 6.07) is 11.7. The highest BCUT2D eigenvalue weighted by Gasteiger charge is 2.15. The van der Waals surface area contributed by atoms with Crippen LogP contribution in [-0.4, -0.2) is 36.2 Å². The fourth-order valence-electron chi connectivity index (χ4n) is 2.53. The number of hydrogen-bond acceptors (Lipinski definition) is 5. The normalized spacial score (nSPS) is 10.7. The second-order valence-corrected chi connectivity index (χ2v) is 6.65. The summed E-state index contributed by atoms with van der Waals surface area (Å²) >= 11 is 1.34. The first-order valence-electron chi connectivity index (χ1n) is 8.11. The number of anilines is 1. The van der Waals surface area contributed by atoms with Crippen molar-refractivity contribution in [1.29, 1.82) is 0 Å². The molecule has 0 aliphatic carbocycles. The Morgan fingerprint density at radius 1 is 1.31 bits per heavy atom. The highest BCUT2D eigenvalue weighted by Crippen LogP contribution is 2.24. The van der Waals surface area contributed by atoms with Gasteiger partial charge in [0.15, 0.2) is 11.0 Å². The van der Waals surface area contributed by atoms with Gasteiger partial charge >= 0.3 is 0 Å². The molecule has 1 N–H and O–H groups in total. The van der Waals surface area contributed by atoms with Gasteiger partial charge in [0.05, 0.1) is 11.4 Å². The summed E-state index contributed by atoms with van der Waals surface area (Å²) in [6.07, 6.45) is 1.79. The Morgan fingerprint density at radius 3 is 2.73 bits per heavy atom. The van der Waals surface area contributed by atoms with Gasteiger partial charge in [-0.2, -0.15) is 5.10 Å². The topological polar surface area (TPSA) is 77.6 Å². The van der Waals surface area contributed by atoms with Crippen molar-refractivity contribution in [1.82, 2.24) is 24.5 Å². The minimum absolute atomic E-state index is 0.118. The van der Waals surface area contributed by atoms with Crippen molar-refractivity contribution in [3.63, 3.8) is 0 Å². The third kappa shape index (κ3) is 4.02. The Bertz CT molecular complexity index is 915. The van der Waals surface area contributed by atoms with E-state index < -0.39 is 0 Å². The largest absolute Gasteiger partial charge is 0.310 e. The molecule has 0 spiro atoms. The lowest BCUT2D eigenvalue weighted by molar-refractivity contribution is -0.113. The van der Waals surface area contributed by atoms with Gasteiger partial charge in [0.25, 0.3) is 0 Å². The minimum atomic E-state index is -0.118. The van der Waals surface area contributed by atoms with Crippen LogP contribution in [0.4, 0.5) is 5.82 Å². The van der Waals surface area contributed by atoms with Crippen LogP contribution < -0.4 is 5.32 Å². The van der Waals surface area contributed by atoms with Gasteiger partial charge in [-0.1, -0.05) is 48.2 Å². The van der Waals surface area contributed by atoms with E-state index in [1.54, 1.807) is 17.8 Å². The number of carbonyl (C=O) groups is 1. The zero-order valence-electron chi connectivity index (χ0n) is 14.7. The molecule has 7 nitrogen and oxygen atoms in total. The molecule has 1 aromatic carbocycles. The Kier molecular flexibility index (Phi) is 5.52. The summed E-state index contributed by atoms with van der Waals surface area (Å²) < 4.78 is 3.60. The summed E-state index contributed by atoms with van der Waals surface area (Å²) in [5, 5.41) is 16.3. The van der Waals surface area contributed by atoms with Gasteiger partial charge in [0.2, 0.25) is 5.91 Å². The van der Waals surface area contributed by atoms with Gasteiger partial charge in [0, 0.05) is 25.2 Å². The molecule has 2 heterocycles. The molecule has 134 valence electrons. The van der Waals surface area contributed by atoms with E-state index in [2.05, 4.69) is 27.2 Å². The molecule has 2 aromatic heterocycles. The predicted octanol–water partition coefficient (Wildman–Crippen LogP) is 2.90. The maximum Gasteiger partial charge on any atom is 0.235 e. The molecule has 3 aromatic rings. The number of nitrogens with one attached hydrogen (secondary N) is 1. The van der Waals surface area contributed by atoms with E-state index in [9.17, 15) is 4.79 Å². The highest BCUT2D eigenvalue weighted by atomic mass is 32.2. The van der Waals surface area contributed by atoms with Crippen molar-refractivity contribution in [2.45, 2.75) is 18.6 Å². The zero-order valence-corrected chi connectivity index (χ0v) is 15.5. The molecule has 0 fully saturated rings. The lowest BCUT2D eigenvalue weighted by atomic mass is 10.2. The molecule has 0 bridgehead atoms. The molecule has 1 amide bonds. The number of amides is 1. The summed E-state index contributed by atoms with van der Waals surface area (Å²) in [5.41, 5.74) is 1.83. The van der Waals surface area contributed by atoms with Crippen molar-refractivity contribution in [2.75, 3.05) is 11.1 Å². The molecule has 0 saturated carbocycles. The van der Waals surface area contributed by atoms with Crippen LogP contribution in [0.3, 0.4) is 0 Å². The molecule has 8 heteroatoms. The van der Waals surface area contributed by atoms with Gasteiger partial charge in [-0.25, -0.2) is 0 Å². The molecule has 0 aliphatic heterocycles. The lowest BCUT2D eigenvalue weighted by Crippen LogP contribution is -2.16. The quantitative estimate of drug-likeness (QED) is 0.512. The highest BCUT2D eigenvalue weighted by molar-refractivity contribution is 7.99. The van der Waals surface area contributed by atoms with Crippen molar-refractivity contribution in [2.24, 2.45) is 7.05 Å². The monoisotopic (exact) mass is 368 g/mol. The average Bonchev–Trinajstić information content (AvgIpc) is 3.17. The van der Waals surface area contributed by atoms with Crippen molar-refractivity contribution >= 4 is 23.5 Å². The van der Waals surface area contributed by atoms with Crippen LogP contribution >= 0.6 is 11.8 Å². The fraction of sp³-hybridized carbons (Fsp3) is 0.222. The van der Waals surface area contributed by atoms with Gasteiger partial charge in [-0.15, -0.1) is 16.8 Å². The first kappa shape index (κ1) is 17.9. The van der Waals surface area contributed by atoms with Gasteiger partial charge in [0.1, 0.15) is 5.82 Å². The smallest absolute Gasteiger partial charge is 0.235 e. The average molecular weight is 368 g/mol. The number of carbonyl (C=O) groups excluding carboxylic acids is 1. The number of allylic oxidation sites excluding steroid dienone is 1. The molecule has 3 rings (SSSR count). The number of thioether (sulfide) groups is 1. The second kappa shape index (κ2) is 8.01. The van der Waals surface area contributed by atoms with E-state index in [0.717, 1.165) is 17.1 Å². The number of benzene rings is 1. The maximum absolute atomic E-state index is 12.2. The fourth-order valence-corrected chi connectivity index (χ4v) is 3.27. The molecule has 0 atom stereocenters. The van der Waals surface area contributed by atoms with Crippen molar-refractivity contribution < 1.29 is 4.79 Å². The number of aromatic nitrogens is 5. The van der Waals surface area contributed by atoms with E-state index in [1.807, 2.05) is 47.9 Å². The third-order valence-electron chi connectivity index (χ3n) is 3.66. The summed E-state index contributed by atoms with van der Waals surface area (Å²) in [5.74, 6) is 1.54. The van der Waals surface area contributed by atoms with E-state index >= 15 is 0 Å². The summed E-state index contributed by atoms with van der Waals surface area (Å²) in [7, 11) is 1.79. The molecule has 0 radical (unpaired) electrons. The summed E-state index contributed by atoms with van der Waals surface area (Å²) in [4.78, 5) is 12.2. The Hall–Kier alpha value is -2.87. The molecule has 0 saturated heterocycles. The summed E-state index contributed by atoms with van der Waals surface area (Å²) in [6.45, 7) is 6.25. The van der Waals surface area contributed by atoms with E-state index in [0.29, 0.717) is 17.5 Å². The van der Waals surface area contributed by atoms with Crippen LogP contribution in [0.15, 0.2) is 54.2 Å². The minimum Gasteiger partial charge on any atom is -0.310 e. The first-order valence-corrected chi connectivity index (χ1v) is 9.10. The number of aryl methyl sites for hydroxylation is 2. The number of hydrogen-bond donors (Lipinski definition) is 1. The van der Waals surface area contributed by atoms with Gasteiger partial charge < -0.3 is 5.32 Å². The lowest BCUT2D eigenvalue weighted by Gasteiger charge is -2.08. The van der Waals surface area contributed by atoms with Crippen LogP contribution in [0, 0.1) is 6.92 Å². The van der Waals surface area contributed by atoms with E-state index in [-0.39, 0.29) is 11.7 Å². The van der Waals surface area contributed by atoms with Crippen molar-refractivity contribution in [3.05, 3.63) is 54.7 Å². The first-order chi connectivity index (χ1) is 12.6. The maximum atomic E-state index is 12.2. The van der Waals surface area contributed by atoms with Crippen LogP contribution in [0.25, 0.3) is 11.4 Å². The third-order valence-corrected chi connectivity index (χ3v) is 4.63. The van der Waals surface area contributed by atoms with E-state index in [1.165, 1.54) is 11.8 Å². The number of nitrogens with zero attached hydrogens (tertiary/aromatic N) is 5. The Labute approximate surface area is 156 Å². The van der Waals surface area contributed by atoms with Crippen molar-refractivity contribution in [3.8, 4) is 11.4 Å². The molecule has 0 unspecified atom stereocenters. The number of rotatable bonds is 7.